The second-order valence-corrected chi connectivity index (χ2v) is 6.14. The molecule has 0 amide bonds. The van der Waals surface area contributed by atoms with Crippen molar-refractivity contribution < 1.29 is 9.47 Å². The monoisotopic (exact) mass is 277 g/mol. The quantitative estimate of drug-likeness (QED) is 0.803. The number of hydrogen-bond acceptors (Lipinski definition) is 3. The molecule has 1 aromatic rings. The average Bonchev–Trinajstić information content (AvgIpc) is 2.41. The summed E-state index contributed by atoms with van der Waals surface area (Å²) in [6, 6.07) is 8.16. The molecule has 0 radical (unpaired) electrons. The minimum absolute atomic E-state index is 0.0130. The highest BCUT2D eigenvalue weighted by Gasteiger charge is 2.41. The molecule has 1 N–H and O–H groups in total. The van der Waals surface area contributed by atoms with E-state index in [2.05, 4.69) is 33.0 Å². The maximum atomic E-state index is 6.18. The standard InChI is InChI=1S/C17H27NO2/c1-5-6-9-12-18-13(2)16-17(3,4)20-15-11-8-7-10-14(15)19-16/h7-8,10-11,13,16,18H,5-6,9,12H2,1-4H3. The lowest BCUT2D eigenvalue weighted by atomic mass is 9.94. The smallest absolute Gasteiger partial charge is 0.162 e. The fourth-order valence-electron chi connectivity index (χ4n) is 2.77. The summed E-state index contributed by atoms with van der Waals surface area (Å²) < 4.78 is 12.3. The van der Waals surface area contributed by atoms with Crippen LogP contribution in [0.3, 0.4) is 0 Å². The molecule has 0 saturated heterocycles. The van der Waals surface area contributed by atoms with Crippen LogP contribution in [0.2, 0.25) is 0 Å². The third-order valence-corrected chi connectivity index (χ3v) is 3.86. The Labute approximate surface area is 122 Å². The van der Waals surface area contributed by atoms with Gasteiger partial charge in [-0.1, -0.05) is 31.9 Å². The lowest BCUT2D eigenvalue weighted by Crippen LogP contribution is -2.57. The fourth-order valence-corrected chi connectivity index (χ4v) is 2.77. The molecule has 1 aliphatic rings. The van der Waals surface area contributed by atoms with Crippen LogP contribution in [0.4, 0.5) is 0 Å². The molecule has 2 atom stereocenters. The van der Waals surface area contributed by atoms with Gasteiger partial charge in [-0.05, 0) is 45.9 Å². The molecule has 1 aliphatic heterocycles. The average molecular weight is 277 g/mol. The first kappa shape index (κ1) is 15.2. The summed E-state index contributed by atoms with van der Waals surface area (Å²) in [6.07, 6.45) is 3.75. The molecular formula is C17H27NO2. The molecule has 0 saturated carbocycles. The Kier molecular flexibility index (Phi) is 4.92. The number of nitrogens with one attached hydrogen (secondary N) is 1. The van der Waals surface area contributed by atoms with Crippen LogP contribution in [0.25, 0.3) is 0 Å². The minimum Gasteiger partial charge on any atom is -0.481 e. The van der Waals surface area contributed by atoms with Gasteiger partial charge in [0.2, 0.25) is 0 Å². The molecule has 1 heterocycles. The van der Waals surface area contributed by atoms with Crippen LogP contribution in [0, 0.1) is 0 Å². The van der Waals surface area contributed by atoms with E-state index in [1.807, 2.05) is 24.3 Å². The number of ether oxygens (including phenoxy) is 2. The zero-order valence-electron chi connectivity index (χ0n) is 13.1. The van der Waals surface area contributed by atoms with Crippen LogP contribution in [0.1, 0.15) is 47.0 Å². The van der Waals surface area contributed by atoms with Crippen molar-refractivity contribution in [1.29, 1.82) is 0 Å². The number of rotatable bonds is 6. The van der Waals surface area contributed by atoms with E-state index in [1.54, 1.807) is 0 Å². The predicted molar refractivity (Wildman–Crippen MR) is 82.6 cm³/mol. The maximum Gasteiger partial charge on any atom is 0.162 e. The van der Waals surface area contributed by atoms with Gasteiger partial charge in [-0.25, -0.2) is 0 Å². The van der Waals surface area contributed by atoms with E-state index in [4.69, 9.17) is 9.47 Å². The van der Waals surface area contributed by atoms with Gasteiger partial charge < -0.3 is 14.8 Å². The zero-order chi connectivity index (χ0) is 14.6. The summed E-state index contributed by atoms with van der Waals surface area (Å²) in [5.74, 6) is 1.69. The SMILES string of the molecule is CCCCCNC(C)C1Oc2ccccc2OC1(C)C. The van der Waals surface area contributed by atoms with Gasteiger partial charge in [-0.15, -0.1) is 0 Å². The van der Waals surface area contributed by atoms with Crippen molar-refractivity contribution in [2.45, 2.75) is 64.7 Å². The maximum absolute atomic E-state index is 6.18. The van der Waals surface area contributed by atoms with Gasteiger partial charge in [0.25, 0.3) is 0 Å². The van der Waals surface area contributed by atoms with E-state index in [0.29, 0.717) is 0 Å². The van der Waals surface area contributed by atoms with Crippen LogP contribution < -0.4 is 14.8 Å². The lowest BCUT2D eigenvalue weighted by molar-refractivity contribution is -0.0564. The molecule has 20 heavy (non-hydrogen) atoms. The molecule has 0 aromatic heterocycles. The summed E-state index contributed by atoms with van der Waals surface area (Å²) in [5, 5.41) is 3.57. The van der Waals surface area contributed by atoms with Crippen LogP contribution in [0.5, 0.6) is 11.5 Å². The first-order valence-corrected chi connectivity index (χ1v) is 7.72. The van der Waals surface area contributed by atoms with E-state index < -0.39 is 0 Å². The van der Waals surface area contributed by atoms with Gasteiger partial charge >= 0.3 is 0 Å². The molecule has 2 unspecified atom stereocenters. The van der Waals surface area contributed by atoms with Gasteiger partial charge in [0.05, 0.1) is 0 Å². The Morgan fingerprint density at radius 1 is 1.20 bits per heavy atom. The van der Waals surface area contributed by atoms with E-state index in [1.165, 1.54) is 19.3 Å². The van der Waals surface area contributed by atoms with Crippen molar-refractivity contribution in [2.24, 2.45) is 0 Å². The van der Waals surface area contributed by atoms with Gasteiger partial charge in [-0.3, -0.25) is 0 Å². The topological polar surface area (TPSA) is 30.5 Å². The van der Waals surface area contributed by atoms with Crippen LogP contribution >= 0.6 is 0 Å². The molecule has 2 rings (SSSR count). The molecule has 0 spiro atoms. The third kappa shape index (κ3) is 3.45. The van der Waals surface area contributed by atoms with E-state index in [0.717, 1.165) is 18.0 Å². The second-order valence-electron chi connectivity index (χ2n) is 6.14. The minimum atomic E-state index is -0.328. The van der Waals surface area contributed by atoms with Crippen LogP contribution in [-0.4, -0.2) is 24.3 Å². The summed E-state index contributed by atoms with van der Waals surface area (Å²) in [5.41, 5.74) is -0.328. The summed E-state index contributed by atoms with van der Waals surface area (Å²) in [6.45, 7) is 9.62. The Bertz CT molecular complexity index is 431. The Balaban J connectivity index is 2.00. The zero-order valence-corrected chi connectivity index (χ0v) is 13.1. The molecule has 1 aromatic carbocycles. The summed E-state index contributed by atoms with van der Waals surface area (Å²) >= 11 is 0. The number of hydrogen-bond donors (Lipinski definition) is 1. The van der Waals surface area contributed by atoms with Crippen LogP contribution in [0.15, 0.2) is 24.3 Å². The fraction of sp³-hybridized carbons (Fsp3) is 0.647. The van der Waals surface area contributed by atoms with Crippen molar-refractivity contribution >= 4 is 0 Å². The number of fused-ring (bicyclic) bond motifs is 1. The van der Waals surface area contributed by atoms with Gasteiger partial charge in [0.1, 0.15) is 5.60 Å². The molecular weight excluding hydrogens is 250 g/mol. The lowest BCUT2D eigenvalue weighted by Gasteiger charge is -2.42. The first-order chi connectivity index (χ1) is 9.54. The highest BCUT2D eigenvalue weighted by atomic mass is 16.6. The van der Waals surface area contributed by atoms with Crippen LogP contribution in [-0.2, 0) is 0 Å². The number of benzene rings is 1. The predicted octanol–water partition coefficient (Wildman–Crippen LogP) is 3.77. The van der Waals surface area contributed by atoms with Crippen molar-refractivity contribution in [2.75, 3.05) is 6.54 Å². The third-order valence-electron chi connectivity index (χ3n) is 3.86. The van der Waals surface area contributed by atoms with E-state index in [-0.39, 0.29) is 17.7 Å². The van der Waals surface area contributed by atoms with E-state index >= 15 is 0 Å². The normalized spacial score (nSPS) is 21.5. The van der Waals surface area contributed by atoms with Gasteiger partial charge in [0, 0.05) is 6.04 Å². The van der Waals surface area contributed by atoms with E-state index in [9.17, 15) is 0 Å². The Morgan fingerprint density at radius 3 is 2.60 bits per heavy atom. The highest BCUT2D eigenvalue weighted by molar-refractivity contribution is 5.42. The number of para-hydroxylation sites is 2. The molecule has 112 valence electrons. The summed E-state index contributed by atoms with van der Waals surface area (Å²) in [4.78, 5) is 0. The summed E-state index contributed by atoms with van der Waals surface area (Å²) in [7, 11) is 0. The van der Waals surface area contributed by atoms with Crippen molar-refractivity contribution in [3.63, 3.8) is 0 Å². The largest absolute Gasteiger partial charge is 0.481 e. The van der Waals surface area contributed by atoms with Gasteiger partial charge in [0.15, 0.2) is 17.6 Å². The Hall–Kier alpha value is -1.22. The first-order valence-electron chi connectivity index (χ1n) is 7.72. The Morgan fingerprint density at radius 2 is 1.90 bits per heavy atom. The molecule has 0 fully saturated rings. The van der Waals surface area contributed by atoms with Crippen molar-refractivity contribution in [1.82, 2.24) is 5.32 Å². The molecule has 3 nitrogen and oxygen atoms in total. The number of unbranched alkanes of at least 4 members (excludes halogenated alkanes) is 2. The molecule has 3 heteroatoms. The molecule has 0 aliphatic carbocycles. The molecule has 0 bridgehead atoms. The second kappa shape index (κ2) is 6.49. The van der Waals surface area contributed by atoms with Crippen molar-refractivity contribution in [3.8, 4) is 11.5 Å². The highest BCUT2D eigenvalue weighted by Crippen LogP contribution is 2.38. The van der Waals surface area contributed by atoms with Gasteiger partial charge in [-0.2, -0.15) is 0 Å². The van der Waals surface area contributed by atoms with Crippen molar-refractivity contribution in [3.05, 3.63) is 24.3 Å².